The Morgan fingerprint density at radius 2 is 2.44 bits per heavy atom. The molecule has 2 aromatic rings. The number of fused-ring (bicyclic) bond motifs is 1. The van der Waals surface area contributed by atoms with Crippen LogP contribution in [0.1, 0.15) is 12.8 Å². The quantitative estimate of drug-likeness (QED) is 0.733. The molecule has 94 valence electrons. The van der Waals surface area contributed by atoms with Crippen molar-refractivity contribution in [2.45, 2.75) is 18.9 Å². The topological polar surface area (TPSA) is 80.0 Å². The van der Waals surface area contributed by atoms with Gasteiger partial charge in [0.25, 0.3) is 0 Å². The average Bonchev–Trinajstić information content (AvgIpc) is 2.97. The van der Waals surface area contributed by atoms with E-state index in [1.807, 2.05) is 12.1 Å². The van der Waals surface area contributed by atoms with Crippen LogP contribution < -0.4 is 16.4 Å². The molecule has 0 saturated carbocycles. The minimum absolute atomic E-state index is 0.129. The summed E-state index contributed by atoms with van der Waals surface area (Å²) in [4.78, 5) is 15.4. The van der Waals surface area contributed by atoms with Gasteiger partial charge >= 0.3 is 0 Å². The molecule has 5 nitrogen and oxygen atoms in total. The summed E-state index contributed by atoms with van der Waals surface area (Å²) in [7, 11) is 0. The van der Waals surface area contributed by atoms with E-state index >= 15 is 0 Å². The summed E-state index contributed by atoms with van der Waals surface area (Å²) in [5.41, 5.74) is 10.3. The summed E-state index contributed by atoms with van der Waals surface area (Å²) in [5, 5.41) is 6.20. The third-order valence-corrected chi connectivity index (χ3v) is 3.96. The molecule has 1 saturated heterocycles. The van der Waals surface area contributed by atoms with Crippen LogP contribution in [0.2, 0.25) is 0 Å². The molecule has 2 heterocycles. The van der Waals surface area contributed by atoms with Gasteiger partial charge in [-0.3, -0.25) is 4.79 Å². The van der Waals surface area contributed by atoms with Crippen molar-refractivity contribution in [1.82, 2.24) is 10.3 Å². The van der Waals surface area contributed by atoms with Gasteiger partial charge in [-0.2, -0.15) is 0 Å². The molecule has 0 aliphatic carbocycles. The fraction of sp³-hybridized carbons (Fsp3) is 0.333. The second kappa shape index (κ2) is 4.45. The molecule has 1 aromatic carbocycles. The van der Waals surface area contributed by atoms with Gasteiger partial charge in [-0.25, -0.2) is 4.98 Å². The summed E-state index contributed by atoms with van der Waals surface area (Å²) in [5.74, 6) is 0.129. The van der Waals surface area contributed by atoms with E-state index in [0.29, 0.717) is 18.7 Å². The number of amides is 1. The first-order valence-electron chi connectivity index (χ1n) is 5.89. The first-order chi connectivity index (χ1) is 8.74. The maximum absolute atomic E-state index is 11.1. The summed E-state index contributed by atoms with van der Waals surface area (Å²) in [6.07, 6.45) is 1.50. The maximum Gasteiger partial charge on any atom is 0.220 e. The van der Waals surface area contributed by atoms with E-state index in [4.69, 9.17) is 5.73 Å². The van der Waals surface area contributed by atoms with Crippen LogP contribution in [0.3, 0.4) is 0 Å². The van der Waals surface area contributed by atoms with Crippen LogP contribution in [0.4, 0.5) is 11.4 Å². The van der Waals surface area contributed by atoms with Gasteiger partial charge in [0.1, 0.15) is 5.52 Å². The molecular weight excluding hydrogens is 248 g/mol. The zero-order valence-corrected chi connectivity index (χ0v) is 10.6. The number of thiazole rings is 1. The smallest absolute Gasteiger partial charge is 0.220 e. The van der Waals surface area contributed by atoms with Gasteiger partial charge in [0.05, 0.1) is 21.6 Å². The molecule has 1 fully saturated rings. The number of rotatable bonds is 3. The molecule has 4 N–H and O–H groups in total. The highest BCUT2D eigenvalue weighted by molar-refractivity contribution is 7.16. The van der Waals surface area contributed by atoms with Gasteiger partial charge < -0.3 is 16.4 Å². The summed E-state index contributed by atoms with van der Waals surface area (Å²) in [6.45, 7) is 0.700. The van der Waals surface area contributed by atoms with E-state index in [1.54, 1.807) is 16.8 Å². The lowest BCUT2D eigenvalue weighted by molar-refractivity contribution is -0.119. The van der Waals surface area contributed by atoms with E-state index in [9.17, 15) is 4.79 Å². The predicted molar refractivity (Wildman–Crippen MR) is 73.7 cm³/mol. The summed E-state index contributed by atoms with van der Waals surface area (Å²) >= 11 is 1.58. The second-order valence-electron chi connectivity index (χ2n) is 4.41. The van der Waals surface area contributed by atoms with Crippen molar-refractivity contribution in [3.05, 3.63) is 17.6 Å². The fourth-order valence-electron chi connectivity index (χ4n) is 2.17. The molecule has 0 radical (unpaired) electrons. The monoisotopic (exact) mass is 262 g/mol. The van der Waals surface area contributed by atoms with Crippen molar-refractivity contribution in [3.63, 3.8) is 0 Å². The highest BCUT2D eigenvalue weighted by atomic mass is 32.1. The number of nitrogens with zero attached hydrogens (tertiary/aromatic N) is 1. The van der Waals surface area contributed by atoms with Crippen molar-refractivity contribution < 1.29 is 4.79 Å². The Morgan fingerprint density at radius 3 is 3.22 bits per heavy atom. The van der Waals surface area contributed by atoms with Crippen molar-refractivity contribution >= 4 is 38.8 Å². The number of hydrogen-bond acceptors (Lipinski definition) is 5. The van der Waals surface area contributed by atoms with Gasteiger partial charge in [0.2, 0.25) is 5.91 Å². The Morgan fingerprint density at radius 1 is 1.56 bits per heavy atom. The van der Waals surface area contributed by atoms with Crippen LogP contribution in [0, 0.1) is 0 Å². The van der Waals surface area contributed by atoms with E-state index in [2.05, 4.69) is 15.6 Å². The number of nitrogen functional groups attached to an aromatic ring is 1. The number of aromatic nitrogens is 1. The summed E-state index contributed by atoms with van der Waals surface area (Å²) in [6, 6.07) is 4.17. The molecule has 3 rings (SSSR count). The van der Waals surface area contributed by atoms with Crippen LogP contribution in [0.5, 0.6) is 0 Å². The third kappa shape index (κ3) is 1.99. The lowest BCUT2D eigenvalue weighted by Gasteiger charge is -2.14. The lowest BCUT2D eigenvalue weighted by atomic mass is 10.2. The third-order valence-electron chi connectivity index (χ3n) is 3.17. The zero-order chi connectivity index (χ0) is 12.5. The fourth-order valence-corrected chi connectivity index (χ4v) is 2.86. The number of anilines is 2. The Hall–Kier alpha value is -1.82. The van der Waals surface area contributed by atoms with Gasteiger partial charge in [-0.1, -0.05) is 0 Å². The molecular formula is C12H14N4OS. The van der Waals surface area contributed by atoms with Gasteiger partial charge in [0, 0.05) is 19.0 Å². The Kier molecular flexibility index (Phi) is 2.79. The molecule has 1 aliphatic heterocycles. The molecule has 1 unspecified atom stereocenters. The standard InChI is InChI=1S/C12H14N4OS/c13-11-8(2-3-9-12(11)15-6-18-9)14-5-7-1-4-10(17)16-7/h2-3,6-7,14H,1,4-5,13H2,(H,16,17). The summed E-state index contributed by atoms with van der Waals surface area (Å²) < 4.78 is 1.09. The number of nitrogens with one attached hydrogen (secondary N) is 2. The SMILES string of the molecule is Nc1c(NCC2CCC(=O)N2)ccc2scnc12. The predicted octanol–water partition coefficient (Wildman–Crippen LogP) is 1.57. The molecule has 1 atom stereocenters. The van der Waals surface area contributed by atoms with Crippen LogP contribution in [-0.2, 0) is 4.79 Å². The van der Waals surface area contributed by atoms with E-state index in [-0.39, 0.29) is 11.9 Å². The highest BCUT2D eigenvalue weighted by Gasteiger charge is 2.20. The van der Waals surface area contributed by atoms with E-state index in [0.717, 1.165) is 22.3 Å². The first kappa shape index (κ1) is 11.3. The Bertz CT molecular complexity index is 595. The Labute approximate surface area is 108 Å². The van der Waals surface area contributed by atoms with Crippen molar-refractivity contribution in [1.29, 1.82) is 0 Å². The van der Waals surface area contributed by atoms with E-state index in [1.165, 1.54) is 0 Å². The highest BCUT2D eigenvalue weighted by Crippen LogP contribution is 2.29. The second-order valence-corrected chi connectivity index (χ2v) is 5.30. The number of carbonyl (C=O) groups is 1. The molecule has 0 spiro atoms. The Balaban J connectivity index is 1.74. The number of carbonyl (C=O) groups excluding carboxylic acids is 1. The minimum Gasteiger partial charge on any atom is -0.395 e. The number of hydrogen-bond donors (Lipinski definition) is 3. The van der Waals surface area contributed by atoms with Gasteiger partial charge in [-0.15, -0.1) is 11.3 Å². The van der Waals surface area contributed by atoms with Gasteiger partial charge in [-0.05, 0) is 18.6 Å². The van der Waals surface area contributed by atoms with Crippen LogP contribution >= 0.6 is 11.3 Å². The number of nitrogens with two attached hydrogens (primary N) is 1. The van der Waals surface area contributed by atoms with Crippen molar-refractivity contribution in [2.24, 2.45) is 0 Å². The zero-order valence-electron chi connectivity index (χ0n) is 9.77. The maximum atomic E-state index is 11.1. The van der Waals surface area contributed by atoms with Crippen molar-refractivity contribution in [3.8, 4) is 0 Å². The number of benzene rings is 1. The van der Waals surface area contributed by atoms with Crippen LogP contribution in [0.15, 0.2) is 17.6 Å². The average molecular weight is 262 g/mol. The lowest BCUT2D eigenvalue weighted by Crippen LogP contribution is -2.31. The first-order valence-corrected chi connectivity index (χ1v) is 6.77. The van der Waals surface area contributed by atoms with E-state index < -0.39 is 0 Å². The normalized spacial score (nSPS) is 19.1. The minimum atomic E-state index is 0.129. The van der Waals surface area contributed by atoms with Crippen molar-refractivity contribution in [2.75, 3.05) is 17.6 Å². The van der Waals surface area contributed by atoms with Crippen LogP contribution in [-0.4, -0.2) is 23.5 Å². The molecule has 0 bridgehead atoms. The van der Waals surface area contributed by atoms with Gasteiger partial charge in [0.15, 0.2) is 0 Å². The molecule has 1 aliphatic rings. The molecule has 1 aromatic heterocycles. The molecule has 6 heteroatoms. The van der Waals surface area contributed by atoms with Crippen LogP contribution in [0.25, 0.3) is 10.2 Å². The largest absolute Gasteiger partial charge is 0.395 e. The molecule has 1 amide bonds. The molecule has 18 heavy (non-hydrogen) atoms.